The third-order valence-electron chi connectivity index (χ3n) is 2.62. The number of benzene rings is 1. The second-order valence-electron chi connectivity index (χ2n) is 3.79. The lowest BCUT2D eigenvalue weighted by molar-refractivity contribution is 0.364. The van der Waals surface area contributed by atoms with E-state index in [2.05, 4.69) is 12.1 Å². The normalized spacial score (nSPS) is 10.5. The third-order valence-corrected chi connectivity index (χ3v) is 2.62. The fourth-order valence-electron chi connectivity index (χ4n) is 1.76. The predicted octanol–water partition coefficient (Wildman–Crippen LogP) is 2.53. The van der Waals surface area contributed by atoms with Gasteiger partial charge in [0.1, 0.15) is 0 Å². The molecular weight excluding hydrogens is 202 g/mol. The van der Waals surface area contributed by atoms with Gasteiger partial charge in [0.15, 0.2) is 11.8 Å². The first-order chi connectivity index (χ1) is 7.77. The van der Waals surface area contributed by atoms with E-state index in [0.29, 0.717) is 6.54 Å². The molecule has 16 heavy (non-hydrogen) atoms. The second kappa shape index (κ2) is 4.75. The average molecular weight is 217 g/mol. The van der Waals surface area contributed by atoms with E-state index in [1.165, 1.54) is 22.3 Å². The van der Waals surface area contributed by atoms with Crippen LogP contribution >= 0.6 is 0 Å². The Morgan fingerprint density at radius 2 is 1.50 bits per heavy atom. The molecule has 0 spiro atoms. The van der Waals surface area contributed by atoms with Crippen molar-refractivity contribution in [3.05, 3.63) is 48.0 Å². The molecule has 0 saturated heterocycles. The average Bonchev–Trinajstić information content (AvgIpc) is 2.62. The number of hydrogen-bond acceptors (Lipinski definition) is 2. The molecule has 2 rings (SSSR count). The van der Waals surface area contributed by atoms with Crippen LogP contribution in [0.5, 0.6) is 11.8 Å². The molecule has 84 valence electrons. The number of rotatable bonds is 4. The Hall–Kier alpha value is -1.90. The highest BCUT2D eigenvalue weighted by Crippen LogP contribution is 2.21. The standard InChI is InChI=1S/C13H15NO2/c15-12-8-9-13(16)14(12)10-4-7-11-5-2-1-3-6-11/h1-3,5-6,8-9,15-16H,4,7,10H2. The lowest BCUT2D eigenvalue weighted by Gasteiger charge is -2.06. The van der Waals surface area contributed by atoms with Crippen LogP contribution in [0.1, 0.15) is 12.0 Å². The highest BCUT2D eigenvalue weighted by atomic mass is 16.3. The molecule has 3 heteroatoms. The summed E-state index contributed by atoms with van der Waals surface area (Å²) in [5.74, 6) is 0.233. The highest BCUT2D eigenvalue weighted by Gasteiger charge is 2.04. The van der Waals surface area contributed by atoms with Crippen molar-refractivity contribution in [2.24, 2.45) is 0 Å². The van der Waals surface area contributed by atoms with Gasteiger partial charge in [0.05, 0.1) is 0 Å². The number of nitrogens with zero attached hydrogens (tertiary/aromatic N) is 1. The van der Waals surface area contributed by atoms with Crippen LogP contribution in [0.2, 0.25) is 0 Å². The Morgan fingerprint density at radius 1 is 0.875 bits per heavy atom. The summed E-state index contributed by atoms with van der Waals surface area (Å²) in [5.41, 5.74) is 1.27. The molecule has 2 aromatic rings. The van der Waals surface area contributed by atoms with Gasteiger partial charge in [0.25, 0.3) is 0 Å². The quantitative estimate of drug-likeness (QED) is 0.826. The third kappa shape index (κ3) is 2.37. The molecule has 0 radical (unpaired) electrons. The van der Waals surface area contributed by atoms with Gasteiger partial charge in [-0.15, -0.1) is 0 Å². The molecule has 2 N–H and O–H groups in total. The zero-order valence-corrected chi connectivity index (χ0v) is 9.00. The van der Waals surface area contributed by atoms with Crippen molar-refractivity contribution in [1.82, 2.24) is 4.57 Å². The Balaban J connectivity index is 1.89. The molecule has 0 aliphatic heterocycles. The molecule has 0 bridgehead atoms. The molecule has 0 saturated carbocycles. The van der Waals surface area contributed by atoms with Crippen LogP contribution in [0.25, 0.3) is 0 Å². The fourth-order valence-corrected chi connectivity index (χ4v) is 1.76. The van der Waals surface area contributed by atoms with Crippen LogP contribution in [0, 0.1) is 0 Å². The lowest BCUT2D eigenvalue weighted by Crippen LogP contribution is -1.98. The second-order valence-corrected chi connectivity index (χ2v) is 3.79. The maximum Gasteiger partial charge on any atom is 0.193 e. The summed E-state index contributed by atoms with van der Waals surface area (Å²) in [6.45, 7) is 0.625. The summed E-state index contributed by atoms with van der Waals surface area (Å²) >= 11 is 0. The first kappa shape index (κ1) is 10.6. The smallest absolute Gasteiger partial charge is 0.193 e. The van der Waals surface area contributed by atoms with Crippen LogP contribution in [0.4, 0.5) is 0 Å². The summed E-state index contributed by atoms with van der Waals surface area (Å²) in [6, 6.07) is 13.2. The first-order valence-electron chi connectivity index (χ1n) is 5.39. The van der Waals surface area contributed by atoms with E-state index in [0.717, 1.165) is 12.8 Å². The topological polar surface area (TPSA) is 45.4 Å². The van der Waals surface area contributed by atoms with Crippen LogP contribution in [-0.4, -0.2) is 14.8 Å². The molecule has 0 amide bonds. The minimum absolute atomic E-state index is 0.116. The van der Waals surface area contributed by atoms with Gasteiger partial charge in [0.2, 0.25) is 0 Å². The Bertz CT molecular complexity index is 429. The van der Waals surface area contributed by atoms with Gasteiger partial charge < -0.3 is 10.2 Å². The summed E-state index contributed by atoms with van der Waals surface area (Å²) in [5, 5.41) is 18.9. The number of aromatic nitrogens is 1. The van der Waals surface area contributed by atoms with Crippen molar-refractivity contribution >= 4 is 0 Å². The number of aryl methyl sites for hydroxylation is 1. The van der Waals surface area contributed by atoms with E-state index in [4.69, 9.17) is 0 Å². The Kier molecular flexibility index (Phi) is 3.15. The van der Waals surface area contributed by atoms with E-state index < -0.39 is 0 Å². The number of aromatic hydroxyl groups is 2. The molecule has 0 aliphatic rings. The van der Waals surface area contributed by atoms with Crippen molar-refractivity contribution < 1.29 is 10.2 Å². The van der Waals surface area contributed by atoms with Crippen molar-refractivity contribution in [3.63, 3.8) is 0 Å². The van der Waals surface area contributed by atoms with E-state index in [-0.39, 0.29) is 11.8 Å². The summed E-state index contributed by atoms with van der Waals surface area (Å²) in [4.78, 5) is 0. The molecular formula is C13H15NO2. The van der Waals surface area contributed by atoms with E-state index in [1.807, 2.05) is 18.2 Å². The van der Waals surface area contributed by atoms with E-state index in [1.54, 1.807) is 0 Å². The van der Waals surface area contributed by atoms with E-state index in [9.17, 15) is 10.2 Å². The minimum Gasteiger partial charge on any atom is -0.494 e. The first-order valence-corrected chi connectivity index (χ1v) is 5.39. The highest BCUT2D eigenvalue weighted by molar-refractivity contribution is 5.23. The molecule has 1 heterocycles. The lowest BCUT2D eigenvalue weighted by atomic mass is 10.1. The van der Waals surface area contributed by atoms with Crippen LogP contribution in [0.3, 0.4) is 0 Å². The van der Waals surface area contributed by atoms with Gasteiger partial charge in [-0.2, -0.15) is 0 Å². The minimum atomic E-state index is 0.116. The van der Waals surface area contributed by atoms with Gasteiger partial charge in [-0.1, -0.05) is 30.3 Å². The van der Waals surface area contributed by atoms with Crippen LogP contribution in [-0.2, 0) is 13.0 Å². The number of hydrogen-bond donors (Lipinski definition) is 2. The molecule has 3 nitrogen and oxygen atoms in total. The Labute approximate surface area is 94.6 Å². The van der Waals surface area contributed by atoms with E-state index >= 15 is 0 Å². The zero-order valence-electron chi connectivity index (χ0n) is 9.00. The largest absolute Gasteiger partial charge is 0.494 e. The molecule has 1 aromatic carbocycles. The Morgan fingerprint density at radius 3 is 2.12 bits per heavy atom. The van der Waals surface area contributed by atoms with Gasteiger partial charge >= 0.3 is 0 Å². The monoisotopic (exact) mass is 217 g/mol. The zero-order chi connectivity index (χ0) is 11.4. The van der Waals surface area contributed by atoms with Crippen molar-refractivity contribution in [3.8, 4) is 11.8 Å². The molecule has 0 unspecified atom stereocenters. The molecule has 1 aromatic heterocycles. The maximum absolute atomic E-state index is 9.43. The fraction of sp³-hybridized carbons (Fsp3) is 0.231. The van der Waals surface area contributed by atoms with Crippen molar-refractivity contribution in [2.75, 3.05) is 0 Å². The summed E-state index contributed by atoms with van der Waals surface area (Å²) < 4.78 is 1.50. The van der Waals surface area contributed by atoms with Crippen LogP contribution < -0.4 is 0 Å². The SMILES string of the molecule is Oc1ccc(O)n1CCCc1ccccc1. The summed E-state index contributed by atoms with van der Waals surface area (Å²) in [7, 11) is 0. The van der Waals surface area contributed by atoms with Gasteiger partial charge in [0, 0.05) is 18.7 Å². The van der Waals surface area contributed by atoms with Gasteiger partial charge in [-0.3, -0.25) is 4.57 Å². The summed E-state index contributed by atoms with van der Waals surface area (Å²) in [6.07, 6.45) is 1.83. The van der Waals surface area contributed by atoms with Crippen molar-refractivity contribution in [2.45, 2.75) is 19.4 Å². The predicted molar refractivity (Wildman–Crippen MR) is 62.5 cm³/mol. The van der Waals surface area contributed by atoms with Crippen molar-refractivity contribution in [1.29, 1.82) is 0 Å². The van der Waals surface area contributed by atoms with Gasteiger partial charge in [-0.05, 0) is 18.4 Å². The van der Waals surface area contributed by atoms with Crippen LogP contribution in [0.15, 0.2) is 42.5 Å². The molecule has 0 atom stereocenters. The maximum atomic E-state index is 9.43. The van der Waals surface area contributed by atoms with Gasteiger partial charge in [-0.25, -0.2) is 0 Å². The molecule has 0 aliphatic carbocycles. The molecule has 0 fully saturated rings.